The van der Waals surface area contributed by atoms with Crippen LogP contribution in [0.1, 0.15) is 11.1 Å². The van der Waals surface area contributed by atoms with Gasteiger partial charge in [0.05, 0.1) is 5.69 Å². The van der Waals surface area contributed by atoms with Crippen LogP contribution in [0.15, 0.2) is 82.8 Å². The smallest absolute Gasteiger partial charge is 0.335 e. The van der Waals surface area contributed by atoms with Crippen LogP contribution in [0.2, 0.25) is 0 Å². The molecule has 160 valence electrons. The maximum absolute atomic E-state index is 13.4. The minimum Gasteiger partial charge on any atom is -0.488 e. The molecule has 0 unspecified atom stereocenters. The number of para-hydroxylation sites is 1. The monoisotopic (exact) mass is 494 g/mol. The highest BCUT2D eigenvalue weighted by Crippen LogP contribution is 2.28. The van der Waals surface area contributed by atoms with Gasteiger partial charge in [0.1, 0.15) is 23.7 Å². The highest BCUT2D eigenvalue weighted by molar-refractivity contribution is 9.10. The molecule has 0 aromatic heterocycles. The average molecular weight is 495 g/mol. The standard InChI is InChI=1S/C24H16BrFN2O4/c25-17-9-10-21(32-14-15-5-4-6-18(26)11-15)16(12-17)13-20-22(29)27-24(31)28(23(20)30)19-7-2-1-3-8-19/h1-13H,14H2,(H,27,29,31)/b20-13+. The number of anilines is 1. The number of imide groups is 2. The van der Waals surface area contributed by atoms with Crippen molar-refractivity contribution in [1.29, 1.82) is 0 Å². The average Bonchev–Trinajstić information content (AvgIpc) is 2.77. The first-order chi connectivity index (χ1) is 15.4. The van der Waals surface area contributed by atoms with Crippen LogP contribution >= 0.6 is 15.9 Å². The third-order valence-electron chi connectivity index (χ3n) is 4.67. The molecule has 1 heterocycles. The van der Waals surface area contributed by atoms with E-state index in [2.05, 4.69) is 21.2 Å². The van der Waals surface area contributed by atoms with Crippen LogP contribution in [-0.4, -0.2) is 17.8 Å². The van der Waals surface area contributed by atoms with E-state index in [1.165, 1.54) is 18.2 Å². The first-order valence-corrected chi connectivity index (χ1v) is 10.3. The zero-order valence-corrected chi connectivity index (χ0v) is 18.1. The minimum atomic E-state index is -0.819. The second kappa shape index (κ2) is 9.15. The van der Waals surface area contributed by atoms with E-state index in [1.54, 1.807) is 60.7 Å². The summed E-state index contributed by atoms with van der Waals surface area (Å²) in [5.74, 6) is -1.54. The van der Waals surface area contributed by atoms with Crippen molar-refractivity contribution in [2.45, 2.75) is 6.61 Å². The van der Waals surface area contributed by atoms with Gasteiger partial charge in [0.2, 0.25) is 0 Å². The number of halogens is 2. The highest BCUT2D eigenvalue weighted by Gasteiger charge is 2.36. The molecule has 32 heavy (non-hydrogen) atoms. The van der Waals surface area contributed by atoms with Crippen LogP contribution in [0.4, 0.5) is 14.9 Å². The molecule has 0 saturated carbocycles. The first kappa shape index (κ1) is 21.5. The van der Waals surface area contributed by atoms with E-state index in [0.29, 0.717) is 27.0 Å². The first-order valence-electron chi connectivity index (χ1n) is 9.55. The topological polar surface area (TPSA) is 75.7 Å². The van der Waals surface area contributed by atoms with Crippen molar-refractivity contribution < 1.29 is 23.5 Å². The van der Waals surface area contributed by atoms with Gasteiger partial charge in [0, 0.05) is 10.0 Å². The summed E-state index contributed by atoms with van der Waals surface area (Å²) in [4.78, 5) is 38.7. The number of barbiturate groups is 1. The lowest BCUT2D eigenvalue weighted by Crippen LogP contribution is -2.54. The predicted octanol–water partition coefficient (Wildman–Crippen LogP) is 4.83. The largest absolute Gasteiger partial charge is 0.488 e. The molecule has 0 bridgehead atoms. The Balaban J connectivity index is 1.67. The van der Waals surface area contributed by atoms with Gasteiger partial charge in [-0.05, 0) is 54.1 Å². The van der Waals surface area contributed by atoms with E-state index >= 15 is 0 Å². The number of amides is 4. The molecular formula is C24H16BrFN2O4. The molecule has 1 fully saturated rings. The van der Waals surface area contributed by atoms with Crippen LogP contribution in [-0.2, 0) is 16.2 Å². The van der Waals surface area contributed by atoms with Crippen LogP contribution in [0.3, 0.4) is 0 Å². The fourth-order valence-corrected chi connectivity index (χ4v) is 3.55. The zero-order valence-electron chi connectivity index (χ0n) is 16.5. The molecule has 1 aliphatic rings. The van der Waals surface area contributed by atoms with E-state index < -0.39 is 17.8 Å². The van der Waals surface area contributed by atoms with Gasteiger partial charge in [-0.1, -0.05) is 46.3 Å². The van der Waals surface area contributed by atoms with Crippen LogP contribution in [0.5, 0.6) is 5.75 Å². The lowest BCUT2D eigenvalue weighted by atomic mass is 10.1. The summed E-state index contributed by atoms with van der Waals surface area (Å²) < 4.78 is 20.0. The molecule has 1 aliphatic heterocycles. The number of hydrogen-bond acceptors (Lipinski definition) is 4. The number of ether oxygens (including phenoxy) is 1. The third-order valence-corrected chi connectivity index (χ3v) is 5.16. The maximum atomic E-state index is 13.4. The predicted molar refractivity (Wildman–Crippen MR) is 120 cm³/mol. The fraction of sp³-hybridized carbons (Fsp3) is 0.0417. The van der Waals surface area contributed by atoms with E-state index in [-0.39, 0.29) is 18.0 Å². The van der Waals surface area contributed by atoms with E-state index in [1.807, 2.05) is 0 Å². The van der Waals surface area contributed by atoms with Crippen molar-refractivity contribution in [1.82, 2.24) is 5.32 Å². The normalized spacial score (nSPS) is 15.1. The van der Waals surface area contributed by atoms with Gasteiger partial charge in [-0.15, -0.1) is 0 Å². The Kier molecular flexibility index (Phi) is 6.13. The van der Waals surface area contributed by atoms with Crippen molar-refractivity contribution in [3.05, 3.63) is 99.8 Å². The Morgan fingerprint density at radius 1 is 0.969 bits per heavy atom. The third kappa shape index (κ3) is 4.60. The van der Waals surface area contributed by atoms with Crippen molar-refractivity contribution in [3.8, 4) is 5.75 Å². The van der Waals surface area contributed by atoms with Gasteiger partial charge in [-0.2, -0.15) is 0 Å². The van der Waals surface area contributed by atoms with Gasteiger partial charge in [0.15, 0.2) is 0 Å². The molecule has 6 nitrogen and oxygen atoms in total. The van der Waals surface area contributed by atoms with E-state index in [0.717, 1.165) is 4.90 Å². The molecule has 0 radical (unpaired) electrons. The second-order valence-corrected chi connectivity index (χ2v) is 7.81. The number of carbonyl (C=O) groups is 3. The minimum absolute atomic E-state index is 0.0876. The van der Waals surface area contributed by atoms with Crippen molar-refractivity contribution in [3.63, 3.8) is 0 Å². The Morgan fingerprint density at radius 3 is 2.50 bits per heavy atom. The molecule has 1 N–H and O–H groups in total. The Morgan fingerprint density at radius 2 is 1.75 bits per heavy atom. The summed E-state index contributed by atoms with van der Waals surface area (Å²) in [5.41, 5.74) is 1.18. The van der Waals surface area contributed by atoms with E-state index in [4.69, 9.17) is 4.74 Å². The lowest BCUT2D eigenvalue weighted by Gasteiger charge is -2.26. The summed E-state index contributed by atoms with van der Waals surface area (Å²) in [6, 6.07) is 18.6. The SMILES string of the molecule is O=C1NC(=O)N(c2ccccc2)C(=O)/C1=C/c1cc(Br)ccc1OCc1cccc(F)c1. The molecule has 8 heteroatoms. The van der Waals surface area contributed by atoms with Gasteiger partial charge in [-0.25, -0.2) is 14.1 Å². The van der Waals surface area contributed by atoms with Crippen LogP contribution in [0, 0.1) is 5.82 Å². The number of nitrogens with one attached hydrogen (secondary N) is 1. The molecule has 0 spiro atoms. The number of hydrogen-bond donors (Lipinski definition) is 1. The fourth-order valence-electron chi connectivity index (χ4n) is 3.18. The molecule has 0 aliphatic carbocycles. The van der Waals surface area contributed by atoms with Gasteiger partial charge >= 0.3 is 6.03 Å². The number of nitrogens with zero attached hydrogens (tertiary/aromatic N) is 1. The van der Waals surface area contributed by atoms with E-state index in [9.17, 15) is 18.8 Å². The summed E-state index contributed by atoms with van der Waals surface area (Å²) in [6.07, 6.45) is 1.37. The molecular weight excluding hydrogens is 479 g/mol. The second-order valence-electron chi connectivity index (χ2n) is 6.89. The zero-order chi connectivity index (χ0) is 22.7. The Bertz CT molecular complexity index is 1240. The Hall–Kier alpha value is -3.78. The molecule has 4 rings (SSSR count). The summed E-state index contributed by atoms with van der Waals surface area (Å²) in [7, 11) is 0. The lowest BCUT2D eigenvalue weighted by molar-refractivity contribution is -0.122. The van der Waals surface area contributed by atoms with Gasteiger partial charge in [0.25, 0.3) is 11.8 Å². The number of urea groups is 1. The number of rotatable bonds is 5. The van der Waals surface area contributed by atoms with Crippen LogP contribution < -0.4 is 15.0 Å². The molecule has 0 atom stereocenters. The van der Waals surface area contributed by atoms with Crippen molar-refractivity contribution >= 4 is 45.5 Å². The Labute approximate surface area is 191 Å². The molecule has 3 aromatic carbocycles. The highest BCUT2D eigenvalue weighted by atomic mass is 79.9. The number of carbonyl (C=O) groups excluding carboxylic acids is 3. The van der Waals surface area contributed by atoms with Gasteiger partial charge < -0.3 is 4.74 Å². The van der Waals surface area contributed by atoms with Gasteiger partial charge in [-0.3, -0.25) is 14.9 Å². The van der Waals surface area contributed by atoms with Crippen molar-refractivity contribution in [2.75, 3.05) is 4.90 Å². The van der Waals surface area contributed by atoms with Crippen LogP contribution in [0.25, 0.3) is 6.08 Å². The maximum Gasteiger partial charge on any atom is 0.335 e. The molecule has 4 amide bonds. The summed E-state index contributed by atoms with van der Waals surface area (Å²) in [5, 5.41) is 2.19. The summed E-state index contributed by atoms with van der Waals surface area (Å²) >= 11 is 3.37. The number of benzene rings is 3. The molecule has 3 aromatic rings. The molecule has 1 saturated heterocycles. The van der Waals surface area contributed by atoms with Crippen molar-refractivity contribution in [2.24, 2.45) is 0 Å². The summed E-state index contributed by atoms with van der Waals surface area (Å²) in [6.45, 7) is 0.0876. The quantitative estimate of drug-likeness (QED) is 0.407.